The van der Waals surface area contributed by atoms with E-state index in [2.05, 4.69) is 0 Å². The van der Waals surface area contributed by atoms with Gasteiger partial charge in [-0.3, -0.25) is 4.79 Å². The number of benzene rings is 1. The minimum atomic E-state index is -0.552. The lowest BCUT2D eigenvalue weighted by Gasteiger charge is -2.13. The van der Waals surface area contributed by atoms with Crippen molar-refractivity contribution in [2.75, 3.05) is 0 Å². The molecule has 0 aliphatic carbocycles. The van der Waals surface area contributed by atoms with Gasteiger partial charge in [0.25, 0.3) is 0 Å². The maximum Gasteiger partial charge on any atom is 0.323 e. The number of nitrogens with two attached hydrogens (primary N) is 1. The molecule has 1 aromatic rings. The van der Waals surface area contributed by atoms with E-state index in [1.807, 2.05) is 37.3 Å². The highest BCUT2D eigenvalue weighted by Gasteiger charge is 2.16. The Morgan fingerprint density at radius 3 is 2.50 bits per heavy atom. The van der Waals surface area contributed by atoms with Gasteiger partial charge in [-0.15, -0.1) is 12.4 Å². The number of esters is 1. The van der Waals surface area contributed by atoms with E-state index >= 15 is 0 Å². The van der Waals surface area contributed by atoms with Gasteiger partial charge in [0, 0.05) is 0 Å². The van der Waals surface area contributed by atoms with Crippen LogP contribution in [0.15, 0.2) is 30.3 Å². The average Bonchev–Trinajstić information content (AvgIpc) is 2.18. The molecular weight excluding hydrogens is 242 g/mol. The van der Waals surface area contributed by atoms with Crippen LogP contribution in [0.5, 0.6) is 0 Å². The van der Waals surface area contributed by atoms with Crippen LogP contribution in [-0.4, -0.2) is 28.0 Å². The molecular formula is C11H18ClNO2Si. The van der Waals surface area contributed by atoms with Crippen LogP contribution in [0.2, 0.25) is 0 Å². The smallest absolute Gasteiger partial charge is 0.323 e. The zero-order valence-corrected chi connectivity index (χ0v) is 12.4. The number of rotatable bonds is 4. The van der Waals surface area contributed by atoms with Crippen LogP contribution < -0.4 is 5.73 Å². The molecule has 0 bridgehead atoms. The Kier molecular flexibility index (Phi) is 7.04. The third kappa shape index (κ3) is 5.30. The van der Waals surface area contributed by atoms with Gasteiger partial charge in [0.15, 0.2) is 0 Å². The second kappa shape index (κ2) is 7.43. The molecule has 0 heterocycles. The lowest BCUT2D eigenvalue weighted by Crippen LogP contribution is -2.36. The number of halogens is 1. The van der Waals surface area contributed by atoms with Crippen molar-refractivity contribution in [1.29, 1.82) is 0 Å². The summed E-state index contributed by atoms with van der Waals surface area (Å²) < 4.78 is 5.08. The highest BCUT2D eigenvalue weighted by Crippen LogP contribution is 2.03. The van der Waals surface area contributed by atoms with Gasteiger partial charge >= 0.3 is 5.97 Å². The van der Waals surface area contributed by atoms with Crippen molar-refractivity contribution in [3.05, 3.63) is 35.9 Å². The lowest BCUT2D eigenvalue weighted by molar-refractivity contribution is -0.146. The highest BCUT2D eigenvalue weighted by atomic mass is 35.5. The fourth-order valence-corrected chi connectivity index (χ4v) is 1.50. The molecule has 16 heavy (non-hydrogen) atoms. The van der Waals surface area contributed by atoms with Gasteiger partial charge in [0.2, 0.25) is 0 Å². The molecule has 0 fully saturated rings. The van der Waals surface area contributed by atoms with Gasteiger partial charge in [0.05, 0.1) is 16.0 Å². The van der Waals surface area contributed by atoms with Gasteiger partial charge in [-0.2, -0.15) is 0 Å². The minimum absolute atomic E-state index is 0. The largest absolute Gasteiger partial charge is 0.466 e. The van der Waals surface area contributed by atoms with Crippen molar-refractivity contribution in [3.8, 4) is 0 Å². The van der Waals surface area contributed by atoms with Crippen molar-refractivity contribution in [3.63, 3.8) is 0 Å². The van der Waals surface area contributed by atoms with Crippen molar-refractivity contribution in [2.45, 2.75) is 25.1 Å². The topological polar surface area (TPSA) is 52.3 Å². The third-order valence-corrected chi connectivity index (χ3v) is 2.19. The summed E-state index contributed by atoms with van der Waals surface area (Å²) in [5.41, 5.74) is 6.82. The number of carbonyl (C=O) groups is 1. The van der Waals surface area contributed by atoms with Gasteiger partial charge in [-0.1, -0.05) is 30.3 Å². The summed E-state index contributed by atoms with van der Waals surface area (Å²) in [6.45, 7) is 1.87. The van der Waals surface area contributed by atoms with E-state index in [1.54, 1.807) is 0 Å². The van der Waals surface area contributed by atoms with Crippen LogP contribution in [-0.2, 0) is 16.0 Å². The normalized spacial score (nSPS) is 13.6. The Morgan fingerprint density at radius 2 is 2.00 bits per heavy atom. The fraction of sp³-hybridized carbons (Fsp3) is 0.364. The van der Waals surface area contributed by atoms with Crippen LogP contribution in [0.1, 0.15) is 12.5 Å². The molecule has 0 saturated carbocycles. The first-order valence-electron chi connectivity index (χ1n) is 5.09. The molecule has 90 valence electrons. The molecule has 0 aromatic heterocycles. The molecule has 3 nitrogen and oxygen atoms in total. The lowest BCUT2D eigenvalue weighted by atomic mass is 10.1. The average molecular weight is 260 g/mol. The van der Waals surface area contributed by atoms with Crippen molar-refractivity contribution < 1.29 is 9.53 Å². The van der Waals surface area contributed by atoms with Crippen LogP contribution in [0.3, 0.4) is 0 Å². The van der Waals surface area contributed by atoms with E-state index in [9.17, 15) is 4.79 Å². The van der Waals surface area contributed by atoms with Crippen molar-refractivity contribution in [2.24, 2.45) is 5.73 Å². The number of carbonyl (C=O) groups excluding carboxylic acids is 1. The molecule has 0 saturated heterocycles. The van der Waals surface area contributed by atoms with Gasteiger partial charge < -0.3 is 10.5 Å². The summed E-state index contributed by atoms with van der Waals surface area (Å²) >= 11 is 0. The summed E-state index contributed by atoms with van der Waals surface area (Å²) in [6, 6.07) is 9.16. The molecule has 1 rings (SSSR count). The Balaban J connectivity index is 0.00000225. The zero-order valence-electron chi connectivity index (χ0n) is 9.55. The van der Waals surface area contributed by atoms with E-state index in [4.69, 9.17) is 10.5 Å². The summed E-state index contributed by atoms with van der Waals surface area (Å²) in [5, 5.41) is 0. The van der Waals surface area contributed by atoms with Gasteiger partial charge in [-0.25, -0.2) is 0 Å². The predicted octanol–water partition coefficient (Wildman–Crippen LogP) is 0.233. The standard InChI is InChI=1S/C11H17NO2Si.ClH/c1-8(15)14-11(13)10(12)7-9-5-3-2-4-6-9;/h2-6,8,10H,7,12H2,1,15H3;1H/t8?,10-;/m0./s1. The maximum atomic E-state index is 11.4. The Hall–Kier alpha value is -0.843. The fourth-order valence-electron chi connectivity index (χ4n) is 1.27. The van der Waals surface area contributed by atoms with Crippen molar-refractivity contribution in [1.82, 2.24) is 0 Å². The molecule has 0 radical (unpaired) electrons. The zero-order chi connectivity index (χ0) is 11.3. The second-order valence-corrected chi connectivity index (χ2v) is 5.41. The monoisotopic (exact) mass is 259 g/mol. The number of hydrogen-bond donors (Lipinski definition) is 1. The van der Waals surface area contributed by atoms with Gasteiger partial charge in [-0.05, 0) is 18.9 Å². The van der Waals surface area contributed by atoms with E-state index in [0.29, 0.717) is 6.42 Å². The Morgan fingerprint density at radius 1 is 1.44 bits per heavy atom. The SMILES string of the molecule is CC([SiH3])OC(=O)[C@@H](N)Cc1ccccc1.Cl. The van der Waals surface area contributed by atoms with E-state index in [1.165, 1.54) is 0 Å². The van der Waals surface area contributed by atoms with Crippen LogP contribution >= 0.6 is 12.4 Å². The molecule has 2 N–H and O–H groups in total. The Labute approximate surface area is 105 Å². The first-order chi connectivity index (χ1) is 7.09. The quantitative estimate of drug-likeness (QED) is 0.622. The number of ether oxygens (including phenoxy) is 1. The molecule has 0 aliphatic rings. The second-order valence-electron chi connectivity index (χ2n) is 3.78. The molecule has 1 aromatic carbocycles. The first-order valence-corrected chi connectivity index (χ1v) is 6.25. The molecule has 0 amide bonds. The molecule has 5 heteroatoms. The predicted molar refractivity (Wildman–Crippen MR) is 70.9 cm³/mol. The summed E-state index contributed by atoms with van der Waals surface area (Å²) in [5.74, 6) is -0.304. The van der Waals surface area contributed by atoms with Gasteiger partial charge in [0.1, 0.15) is 6.04 Å². The summed E-state index contributed by atoms with van der Waals surface area (Å²) in [4.78, 5) is 11.4. The van der Waals surface area contributed by atoms with Crippen LogP contribution in [0, 0.1) is 0 Å². The van der Waals surface area contributed by atoms with Crippen LogP contribution in [0.4, 0.5) is 0 Å². The third-order valence-electron chi connectivity index (χ3n) is 1.95. The van der Waals surface area contributed by atoms with Crippen LogP contribution in [0.25, 0.3) is 0 Å². The number of hydrogen-bond acceptors (Lipinski definition) is 3. The summed E-state index contributed by atoms with van der Waals surface area (Å²) in [7, 11) is 0.837. The maximum absolute atomic E-state index is 11.4. The first kappa shape index (κ1) is 15.2. The molecule has 1 unspecified atom stereocenters. The summed E-state index contributed by atoms with van der Waals surface area (Å²) in [6.07, 6.45) is 0.536. The van der Waals surface area contributed by atoms with E-state index in [-0.39, 0.29) is 24.1 Å². The molecule has 0 aliphatic heterocycles. The molecule has 0 spiro atoms. The molecule has 2 atom stereocenters. The van der Waals surface area contributed by atoms with E-state index in [0.717, 1.165) is 15.8 Å². The van der Waals surface area contributed by atoms with E-state index < -0.39 is 6.04 Å². The highest BCUT2D eigenvalue weighted by molar-refractivity contribution is 6.11. The Bertz CT molecular complexity index is 319. The van der Waals surface area contributed by atoms with Crippen molar-refractivity contribution >= 4 is 28.6 Å². The minimum Gasteiger partial charge on any atom is -0.466 e.